The Balaban J connectivity index is 2.69. The Kier molecular flexibility index (Phi) is 5.92. The van der Waals surface area contributed by atoms with Crippen molar-refractivity contribution in [1.29, 1.82) is 0 Å². The van der Waals surface area contributed by atoms with Crippen LogP contribution in [0.15, 0.2) is 17.5 Å². The van der Waals surface area contributed by atoms with E-state index in [2.05, 4.69) is 4.72 Å². The SMILES string of the molecule is CCC(NS(=O)(=O)N(C)CCC(=O)O)c1cccs1. The summed E-state index contributed by atoms with van der Waals surface area (Å²) >= 11 is 1.49. The van der Waals surface area contributed by atoms with Gasteiger partial charge in [0, 0.05) is 18.5 Å². The summed E-state index contributed by atoms with van der Waals surface area (Å²) in [4.78, 5) is 11.4. The number of thiophene rings is 1. The Morgan fingerprint density at radius 2 is 2.26 bits per heavy atom. The molecule has 1 aromatic heterocycles. The van der Waals surface area contributed by atoms with Crippen LogP contribution in [-0.2, 0) is 15.0 Å². The van der Waals surface area contributed by atoms with Gasteiger partial charge in [-0.15, -0.1) is 11.3 Å². The molecule has 0 aliphatic heterocycles. The van der Waals surface area contributed by atoms with Crippen LogP contribution in [0.5, 0.6) is 0 Å². The summed E-state index contributed by atoms with van der Waals surface area (Å²) in [5.74, 6) is -1.02. The Morgan fingerprint density at radius 1 is 1.58 bits per heavy atom. The Morgan fingerprint density at radius 3 is 2.74 bits per heavy atom. The van der Waals surface area contributed by atoms with Gasteiger partial charge in [-0.2, -0.15) is 17.4 Å². The first kappa shape index (κ1) is 16.1. The first-order valence-electron chi connectivity index (χ1n) is 5.85. The van der Waals surface area contributed by atoms with Gasteiger partial charge in [-0.1, -0.05) is 13.0 Å². The van der Waals surface area contributed by atoms with Gasteiger partial charge in [-0.05, 0) is 17.9 Å². The van der Waals surface area contributed by atoms with Gasteiger partial charge in [-0.3, -0.25) is 4.79 Å². The van der Waals surface area contributed by atoms with Gasteiger partial charge >= 0.3 is 5.97 Å². The van der Waals surface area contributed by atoms with Crippen molar-refractivity contribution in [3.8, 4) is 0 Å². The van der Waals surface area contributed by atoms with Gasteiger partial charge in [0.25, 0.3) is 10.2 Å². The first-order valence-corrected chi connectivity index (χ1v) is 8.17. The molecule has 0 amide bonds. The Labute approximate surface area is 117 Å². The van der Waals surface area contributed by atoms with E-state index in [4.69, 9.17) is 5.11 Å². The summed E-state index contributed by atoms with van der Waals surface area (Å²) in [5, 5.41) is 10.5. The molecule has 0 bridgehead atoms. The van der Waals surface area contributed by atoms with Gasteiger partial charge in [0.1, 0.15) is 0 Å². The van der Waals surface area contributed by atoms with E-state index in [0.717, 1.165) is 9.18 Å². The quantitative estimate of drug-likeness (QED) is 0.761. The van der Waals surface area contributed by atoms with E-state index in [-0.39, 0.29) is 19.0 Å². The highest BCUT2D eigenvalue weighted by molar-refractivity contribution is 7.87. The second kappa shape index (κ2) is 6.99. The molecule has 19 heavy (non-hydrogen) atoms. The van der Waals surface area contributed by atoms with Crippen LogP contribution >= 0.6 is 11.3 Å². The van der Waals surface area contributed by atoms with Crippen LogP contribution < -0.4 is 4.72 Å². The molecule has 0 aliphatic carbocycles. The lowest BCUT2D eigenvalue weighted by Gasteiger charge is -2.21. The highest BCUT2D eigenvalue weighted by Crippen LogP contribution is 2.22. The largest absolute Gasteiger partial charge is 0.481 e. The summed E-state index contributed by atoms with van der Waals surface area (Å²) in [7, 11) is -2.30. The number of carboxylic acids is 1. The maximum absolute atomic E-state index is 12.0. The number of hydrogen-bond donors (Lipinski definition) is 2. The molecule has 2 N–H and O–H groups in total. The zero-order valence-corrected chi connectivity index (χ0v) is 12.5. The molecule has 0 saturated heterocycles. The molecular weight excluding hydrogens is 288 g/mol. The van der Waals surface area contributed by atoms with E-state index in [1.165, 1.54) is 18.4 Å². The molecule has 8 heteroatoms. The smallest absolute Gasteiger partial charge is 0.304 e. The fraction of sp³-hybridized carbons (Fsp3) is 0.545. The van der Waals surface area contributed by atoms with Crippen LogP contribution in [0.1, 0.15) is 30.7 Å². The number of carbonyl (C=O) groups is 1. The fourth-order valence-corrected chi connectivity index (χ4v) is 3.58. The van der Waals surface area contributed by atoms with E-state index in [0.29, 0.717) is 6.42 Å². The van der Waals surface area contributed by atoms with Gasteiger partial charge in [-0.25, -0.2) is 0 Å². The monoisotopic (exact) mass is 306 g/mol. The number of carboxylic acid groups (broad SMARTS) is 1. The van der Waals surface area contributed by atoms with Gasteiger partial charge in [0.2, 0.25) is 0 Å². The number of hydrogen-bond acceptors (Lipinski definition) is 4. The van der Waals surface area contributed by atoms with E-state index in [9.17, 15) is 13.2 Å². The molecule has 1 aromatic rings. The van der Waals surface area contributed by atoms with Gasteiger partial charge < -0.3 is 5.11 Å². The molecule has 1 atom stereocenters. The minimum absolute atomic E-state index is 0.0501. The predicted octanol–water partition coefficient (Wildman–Crippen LogP) is 1.44. The number of rotatable bonds is 8. The molecule has 0 saturated carbocycles. The second-order valence-corrected chi connectivity index (χ2v) is 6.85. The number of nitrogens with zero attached hydrogens (tertiary/aromatic N) is 1. The molecule has 0 aromatic carbocycles. The van der Waals surface area contributed by atoms with E-state index in [1.807, 2.05) is 24.4 Å². The molecule has 0 aliphatic rings. The molecule has 108 valence electrons. The van der Waals surface area contributed by atoms with Crippen LogP contribution in [0, 0.1) is 0 Å². The van der Waals surface area contributed by atoms with Crippen molar-refractivity contribution in [2.75, 3.05) is 13.6 Å². The highest BCUT2D eigenvalue weighted by Gasteiger charge is 2.23. The van der Waals surface area contributed by atoms with Crippen molar-refractivity contribution >= 4 is 27.5 Å². The van der Waals surface area contributed by atoms with Gasteiger partial charge in [0.15, 0.2) is 0 Å². The van der Waals surface area contributed by atoms with Crippen LogP contribution in [0.25, 0.3) is 0 Å². The second-order valence-electron chi connectivity index (χ2n) is 4.06. The van der Waals surface area contributed by atoms with E-state index < -0.39 is 16.2 Å². The van der Waals surface area contributed by atoms with Crippen molar-refractivity contribution < 1.29 is 18.3 Å². The molecular formula is C11H18N2O4S2. The van der Waals surface area contributed by atoms with E-state index in [1.54, 1.807) is 0 Å². The summed E-state index contributed by atoms with van der Waals surface area (Å²) in [6.45, 7) is 1.84. The number of aliphatic carboxylic acids is 1. The maximum atomic E-state index is 12.0. The summed E-state index contributed by atoms with van der Waals surface area (Å²) in [5.41, 5.74) is 0. The molecule has 1 unspecified atom stereocenters. The average Bonchev–Trinajstić information content (AvgIpc) is 2.86. The van der Waals surface area contributed by atoms with Crippen LogP contribution in [0.4, 0.5) is 0 Å². The summed E-state index contributed by atoms with van der Waals surface area (Å²) in [6, 6.07) is 3.46. The van der Waals surface area contributed by atoms with Crippen molar-refractivity contribution in [2.24, 2.45) is 0 Å². The normalized spacial score (nSPS) is 13.6. The van der Waals surface area contributed by atoms with Crippen LogP contribution in [-0.4, -0.2) is 37.4 Å². The molecule has 6 nitrogen and oxygen atoms in total. The van der Waals surface area contributed by atoms with Crippen molar-refractivity contribution in [2.45, 2.75) is 25.8 Å². The first-order chi connectivity index (χ1) is 8.86. The third-order valence-corrected chi connectivity index (χ3v) is 5.21. The molecule has 0 radical (unpaired) electrons. The van der Waals surface area contributed by atoms with Crippen LogP contribution in [0.2, 0.25) is 0 Å². The van der Waals surface area contributed by atoms with E-state index >= 15 is 0 Å². The lowest BCUT2D eigenvalue weighted by atomic mass is 10.2. The minimum Gasteiger partial charge on any atom is -0.481 e. The Bertz CT molecular complexity index is 499. The molecule has 0 spiro atoms. The summed E-state index contributed by atoms with van der Waals surface area (Å²) in [6.07, 6.45) is 0.416. The highest BCUT2D eigenvalue weighted by atomic mass is 32.2. The number of nitrogens with one attached hydrogen (secondary N) is 1. The lowest BCUT2D eigenvalue weighted by molar-refractivity contribution is -0.137. The van der Waals surface area contributed by atoms with Crippen molar-refractivity contribution in [1.82, 2.24) is 9.03 Å². The summed E-state index contributed by atoms with van der Waals surface area (Å²) < 4.78 is 27.7. The maximum Gasteiger partial charge on any atom is 0.304 e. The Hall–Kier alpha value is -0.960. The van der Waals surface area contributed by atoms with Crippen molar-refractivity contribution in [3.63, 3.8) is 0 Å². The lowest BCUT2D eigenvalue weighted by Crippen LogP contribution is -2.40. The third-order valence-electron chi connectivity index (χ3n) is 2.64. The topological polar surface area (TPSA) is 86.7 Å². The molecule has 0 fully saturated rings. The van der Waals surface area contributed by atoms with Crippen LogP contribution in [0.3, 0.4) is 0 Å². The average molecular weight is 306 g/mol. The minimum atomic E-state index is -3.67. The fourth-order valence-electron chi connectivity index (χ4n) is 1.48. The van der Waals surface area contributed by atoms with Gasteiger partial charge in [0.05, 0.1) is 12.5 Å². The molecule has 1 rings (SSSR count). The zero-order valence-electron chi connectivity index (χ0n) is 10.9. The molecule has 1 heterocycles. The standard InChI is InChI=1S/C11H18N2O4S2/c1-3-9(10-5-4-8-18-10)12-19(16,17)13(2)7-6-11(14)15/h4-5,8-9,12H,3,6-7H2,1-2H3,(H,14,15). The third kappa shape index (κ3) is 4.90. The predicted molar refractivity (Wildman–Crippen MR) is 74.3 cm³/mol. The van der Waals surface area contributed by atoms with Crippen molar-refractivity contribution in [3.05, 3.63) is 22.4 Å². The zero-order chi connectivity index (χ0) is 14.5.